The van der Waals surface area contributed by atoms with Crippen molar-refractivity contribution in [2.24, 2.45) is 0 Å². The van der Waals surface area contributed by atoms with E-state index in [2.05, 4.69) is 0 Å². The predicted molar refractivity (Wildman–Crippen MR) is 55.2 cm³/mol. The Kier molecular flexibility index (Phi) is 4.24. The first-order valence-corrected chi connectivity index (χ1v) is 4.67. The summed E-state index contributed by atoms with van der Waals surface area (Å²) in [7, 11) is 3.74. The molecule has 0 aromatic heterocycles. The monoisotopic (exact) mass is 211 g/mol. The molecule has 3 nitrogen and oxygen atoms in total. The Morgan fingerprint density at radius 1 is 1.40 bits per heavy atom. The Labute approximate surface area is 88.5 Å². The standard InChI is InChI=1S/C11H14FNO2/c1-13(2)7-8-15-11(14)9-5-3-4-6-10(9)12/h3-6H,7-8H2,1-2H3. The van der Waals surface area contributed by atoms with Crippen LogP contribution in [0.4, 0.5) is 4.39 Å². The van der Waals surface area contributed by atoms with Crippen LogP contribution in [0.2, 0.25) is 0 Å². The molecule has 1 rings (SSSR count). The minimum atomic E-state index is -0.616. The number of carbonyl (C=O) groups is 1. The van der Waals surface area contributed by atoms with E-state index in [0.29, 0.717) is 6.54 Å². The van der Waals surface area contributed by atoms with Gasteiger partial charge in [-0.3, -0.25) is 0 Å². The van der Waals surface area contributed by atoms with Gasteiger partial charge in [-0.1, -0.05) is 12.1 Å². The van der Waals surface area contributed by atoms with Crippen LogP contribution < -0.4 is 0 Å². The Hall–Kier alpha value is -1.42. The average Bonchev–Trinajstić information content (AvgIpc) is 2.17. The number of esters is 1. The van der Waals surface area contributed by atoms with Crippen molar-refractivity contribution >= 4 is 5.97 Å². The number of likely N-dealkylation sites (N-methyl/N-ethyl adjacent to an activating group) is 1. The van der Waals surface area contributed by atoms with Crippen molar-refractivity contribution in [3.8, 4) is 0 Å². The lowest BCUT2D eigenvalue weighted by molar-refractivity contribution is 0.0476. The number of carbonyl (C=O) groups excluding carboxylic acids is 1. The first-order valence-electron chi connectivity index (χ1n) is 4.67. The number of ether oxygens (including phenoxy) is 1. The zero-order chi connectivity index (χ0) is 11.3. The molecule has 0 saturated heterocycles. The fourth-order valence-electron chi connectivity index (χ4n) is 1.03. The molecule has 0 aliphatic carbocycles. The molecule has 4 heteroatoms. The normalized spacial score (nSPS) is 10.4. The van der Waals surface area contributed by atoms with Gasteiger partial charge in [0.2, 0.25) is 0 Å². The first kappa shape index (κ1) is 11.7. The fraction of sp³-hybridized carbons (Fsp3) is 0.364. The van der Waals surface area contributed by atoms with Crippen molar-refractivity contribution in [1.82, 2.24) is 4.90 Å². The number of hydrogen-bond donors (Lipinski definition) is 0. The molecule has 0 N–H and O–H groups in total. The van der Waals surface area contributed by atoms with E-state index in [1.165, 1.54) is 18.2 Å². The van der Waals surface area contributed by atoms with Gasteiger partial charge < -0.3 is 9.64 Å². The molecule has 0 atom stereocenters. The maximum absolute atomic E-state index is 13.1. The molecule has 82 valence electrons. The Bertz CT molecular complexity index is 339. The van der Waals surface area contributed by atoms with E-state index in [0.717, 1.165) is 0 Å². The highest BCUT2D eigenvalue weighted by Crippen LogP contribution is 2.07. The molecule has 0 fully saturated rings. The minimum absolute atomic E-state index is 0.0174. The topological polar surface area (TPSA) is 29.5 Å². The van der Waals surface area contributed by atoms with E-state index in [9.17, 15) is 9.18 Å². The van der Waals surface area contributed by atoms with Crippen LogP contribution in [-0.4, -0.2) is 38.1 Å². The van der Waals surface area contributed by atoms with Crippen molar-refractivity contribution < 1.29 is 13.9 Å². The van der Waals surface area contributed by atoms with Gasteiger partial charge in [0.15, 0.2) is 0 Å². The molecule has 0 unspecified atom stereocenters. The van der Waals surface area contributed by atoms with Gasteiger partial charge >= 0.3 is 5.97 Å². The highest BCUT2D eigenvalue weighted by Gasteiger charge is 2.11. The van der Waals surface area contributed by atoms with E-state index in [4.69, 9.17) is 4.74 Å². The van der Waals surface area contributed by atoms with Crippen LogP contribution in [-0.2, 0) is 4.74 Å². The number of rotatable bonds is 4. The molecule has 0 amide bonds. The summed E-state index contributed by atoms with van der Waals surface area (Å²) < 4.78 is 18.0. The van der Waals surface area contributed by atoms with Crippen molar-refractivity contribution in [1.29, 1.82) is 0 Å². The van der Waals surface area contributed by atoms with E-state index in [-0.39, 0.29) is 12.2 Å². The molecule has 15 heavy (non-hydrogen) atoms. The Morgan fingerprint density at radius 2 is 2.07 bits per heavy atom. The summed E-state index contributed by atoms with van der Waals surface area (Å²) in [5.74, 6) is -1.16. The summed E-state index contributed by atoms with van der Waals surface area (Å²) in [6.07, 6.45) is 0. The van der Waals surface area contributed by atoms with Gasteiger partial charge in [0, 0.05) is 6.54 Å². The number of nitrogens with zero attached hydrogens (tertiary/aromatic N) is 1. The van der Waals surface area contributed by atoms with Gasteiger partial charge in [0.05, 0.1) is 5.56 Å². The molecule has 0 radical (unpaired) electrons. The lowest BCUT2D eigenvalue weighted by Crippen LogP contribution is -2.20. The second-order valence-electron chi connectivity index (χ2n) is 3.42. The molecule has 0 aliphatic heterocycles. The third kappa shape index (κ3) is 3.67. The van der Waals surface area contributed by atoms with Crippen molar-refractivity contribution in [2.75, 3.05) is 27.2 Å². The fourth-order valence-corrected chi connectivity index (χ4v) is 1.03. The van der Waals surface area contributed by atoms with Crippen LogP contribution >= 0.6 is 0 Å². The molecule has 0 aliphatic rings. The van der Waals surface area contributed by atoms with Crippen LogP contribution in [0, 0.1) is 5.82 Å². The Balaban J connectivity index is 2.51. The summed E-state index contributed by atoms with van der Waals surface area (Å²) in [6.45, 7) is 0.889. The van der Waals surface area contributed by atoms with Crippen molar-refractivity contribution in [3.05, 3.63) is 35.6 Å². The lowest BCUT2D eigenvalue weighted by Gasteiger charge is -2.09. The summed E-state index contributed by atoms with van der Waals surface area (Å²) in [5.41, 5.74) is -0.0174. The van der Waals surface area contributed by atoms with Gasteiger partial charge in [0.1, 0.15) is 12.4 Å². The third-order valence-corrected chi connectivity index (χ3v) is 1.87. The van der Waals surface area contributed by atoms with Crippen LogP contribution in [0.25, 0.3) is 0 Å². The third-order valence-electron chi connectivity index (χ3n) is 1.87. The van der Waals surface area contributed by atoms with E-state index < -0.39 is 11.8 Å². The summed E-state index contributed by atoms with van der Waals surface area (Å²) in [5, 5.41) is 0. The summed E-state index contributed by atoms with van der Waals surface area (Å²) >= 11 is 0. The van der Waals surface area contributed by atoms with Crippen molar-refractivity contribution in [2.45, 2.75) is 0 Å². The number of halogens is 1. The second kappa shape index (κ2) is 5.46. The highest BCUT2D eigenvalue weighted by atomic mass is 19.1. The molecule has 0 spiro atoms. The van der Waals surface area contributed by atoms with Crippen LogP contribution in [0.3, 0.4) is 0 Å². The predicted octanol–water partition coefficient (Wildman–Crippen LogP) is 1.54. The van der Waals surface area contributed by atoms with Gasteiger partial charge in [-0.2, -0.15) is 0 Å². The summed E-state index contributed by atoms with van der Waals surface area (Å²) in [6, 6.07) is 5.79. The van der Waals surface area contributed by atoms with Crippen LogP contribution in [0.1, 0.15) is 10.4 Å². The van der Waals surface area contributed by atoms with Gasteiger partial charge in [0.25, 0.3) is 0 Å². The van der Waals surface area contributed by atoms with Crippen molar-refractivity contribution in [3.63, 3.8) is 0 Å². The van der Waals surface area contributed by atoms with E-state index in [1.54, 1.807) is 6.07 Å². The molecule has 0 bridgehead atoms. The van der Waals surface area contributed by atoms with Crippen LogP contribution in [0.15, 0.2) is 24.3 Å². The zero-order valence-electron chi connectivity index (χ0n) is 8.87. The quantitative estimate of drug-likeness (QED) is 0.707. The molecule has 1 aromatic rings. The number of benzene rings is 1. The largest absolute Gasteiger partial charge is 0.461 e. The maximum atomic E-state index is 13.1. The first-order chi connectivity index (χ1) is 7.11. The maximum Gasteiger partial charge on any atom is 0.341 e. The second-order valence-corrected chi connectivity index (χ2v) is 3.42. The SMILES string of the molecule is CN(C)CCOC(=O)c1ccccc1F. The Morgan fingerprint density at radius 3 is 2.67 bits per heavy atom. The highest BCUT2D eigenvalue weighted by molar-refractivity contribution is 5.89. The van der Waals surface area contributed by atoms with E-state index in [1.807, 2.05) is 19.0 Å². The minimum Gasteiger partial charge on any atom is -0.461 e. The molecular weight excluding hydrogens is 197 g/mol. The smallest absolute Gasteiger partial charge is 0.341 e. The molecule has 0 heterocycles. The van der Waals surface area contributed by atoms with Gasteiger partial charge in [-0.05, 0) is 26.2 Å². The zero-order valence-corrected chi connectivity index (χ0v) is 8.87. The molecule has 0 saturated carbocycles. The van der Waals surface area contributed by atoms with Crippen LogP contribution in [0.5, 0.6) is 0 Å². The molecular formula is C11H14FNO2. The van der Waals surface area contributed by atoms with E-state index >= 15 is 0 Å². The molecule has 1 aromatic carbocycles. The average molecular weight is 211 g/mol. The summed E-state index contributed by atoms with van der Waals surface area (Å²) in [4.78, 5) is 13.2. The van der Waals surface area contributed by atoms with Gasteiger partial charge in [-0.15, -0.1) is 0 Å². The van der Waals surface area contributed by atoms with Gasteiger partial charge in [-0.25, -0.2) is 9.18 Å². The number of hydrogen-bond acceptors (Lipinski definition) is 3. The lowest BCUT2D eigenvalue weighted by atomic mass is 10.2.